The molecule has 0 unspecified atom stereocenters. The molecule has 3 heterocycles. The van der Waals surface area contributed by atoms with E-state index < -0.39 is 0 Å². The van der Waals surface area contributed by atoms with E-state index in [0.29, 0.717) is 19.2 Å². The second-order valence-corrected chi connectivity index (χ2v) is 8.94. The SMILES string of the molecule is CC(=O)N(Cc1ccsc1)[C@@H]1CC12CCN(C(=O)[C@H]1CCO[C@@H]1C)CC2. The van der Waals surface area contributed by atoms with Gasteiger partial charge in [0.2, 0.25) is 11.8 Å². The van der Waals surface area contributed by atoms with Crippen molar-refractivity contribution >= 4 is 23.2 Å². The minimum atomic E-state index is 0.0337. The lowest BCUT2D eigenvalue weighted by Crippen LogP contribution is -2.45. The van der Waals surface area contributed by atoms with E-state index in [1.807, 2.05) is 16.7 Å². The van der Waals surface area contributed by atoms with Gasteiger partial charge in [0, 0.05) is 39.2 Å². The minimum Gasteiger partial charge on any atom is -0.378 e. The zero-order chi connectivity index (χ0) is 18.3. The number of rotatable bonds is 4. The molecule has 2 saturated heterocycles. The lowest BCUT2D eigenvalue weighted by atomic mass is 9.90. The quantitative estimate of drug-likeness (QED) is 0.812. The Hall–Kier alpha value is -1.40. The summed E-state index contributed by atoms with van der Waals surface area (Å²) in [5.41, 5.74) is 1.45. The summed E-state index contributed by atoms with van der Waals surface area (Å²) in [7, 11) is 0. The Bertz CT molecular complexity index is 667. The molecule has 1 aliphatic carbocycles. The molecule has 142 valence electrons. The van der Waals surface area contributed by atoms with E-state index in [1.54, 1.807) is 18.3 Å². The first-order valence-electron chi connectivity index (χ1n) is 9.69. The van der Waals surface area contributed by atoms with E-state index in [4.69, 9.17) is 4.74 Å². The zero-order valence-corrected chi connectivity index (χ0v) is 16.5. The Balaban J connectivity index is 1.35. The molecule has 0 aromatic carbocycles. The number of likely N-dealkylation sites (tertiary alicyclic amines) is 1. The number of thiophene rings is 1. The number of nitrogens with zero attached hydrogens (tertiary/aromatic N) is 2. The van der Waals surface area contributed by atoms with Crippen LogP contribution in [0.1, 0.15) is 45.1 Å². The predicted octanol–water partition coefficient (Wildman–Crippen LogP) is 2.90. The van der Waals surface area contributed by atoms with Crippen molar-refractivity contribution in [2.24, 2.45) is 11.3 Å². The van der Waals surface area contributed by atoms with Gasteiger partial charge >= 0.3 is 0 Å². The summed E-state index contributed by atoms with van der Waals surface area (Å²) in [5, 5.41) is 4.19. The van der Waals surface area contributed by atoms with Crippen molar-refractivity contribution in [1.82, 2.24) is 9.80 Å². The highest BCUT2D eigenvalue weighted by Gasteiger charge is 2.58. The predicted molar refractivity (Wildman–Crippen MR) is 101 cm³/mol. The van der Waals surface area contributed by atoms with E-state index in [-0.39, 0.29) is 29.3 Å². The Morgan fingerprint density at radius 2 is 2.15 bits per heavy atom. The van der Waals surface area contributed by atoms with E-state index >= 15 is 0 Å². The van der Waals surface area contributed by atoms with Gasteiger partial charge in [0.15, 0.2) is 0 Å². The van der Waals surface area contributed by atoms with E-state index in [2.05, 4.69) is 16.8 Å². The largest absolute Gasteiger partial charge is 0.378 e. The van der Waals surface area contributed by atoms with Crippen LogP contribution < -0.4 is 0 Å². The van der Waals surface area contributed by atoms with Gasteiger partial charge in [-0.3, -0.25) is 9.59 Å². The third-order valence-electron chi connectivity index (χ3n) is 6.62. The Kier molecular flexibility index (Phi) is 4.82. The molecule has 1 spiro atoms. The normalized spacial score (nSPS) is 29.8. The van der Waals surface area contributed by atoms with Gasteiger partial charge in [0.25, 0.3) is 0 Å². The van der Waals surface area contributed by atoms with Crippen molar-refractivity contribution in [3.8, 4) is 0 Å². The fraction of sp³-hybridized carbons (Fsp3) is 0.700. The molecule has 3 aliphatic rings. The summed E-state index contributed by atoms with van der Waals surface area (Å²) in [6.45, 7) is 6.75. The molecule has 4 rings (SSSR count). The molecule has 3 fully saturated rings. The average Bonchev–Trinajstić information content (AvgIpc) is 2.98. The third-order valence-corrected chi connectivity index (χ3v) is 7.36. The first-order chi connectivity index (χ1) is 12.5. The van der Waals surface area contributed by atoms with Crippen LogP contribution in [0.3, 0.4) is 0 Å². The zero-order valence-electron chi connectivity index (χ0n) is 15.6. The van der Waals surface area contributed by atoms with Crippen LogP contribution in [0.2, 0.25) is 0 Å². The van der Waals surface area contributed by atoms with Crippen LogP contribution in [-0.4, -0.2) is 53.5 Å². The van der Waals surface area contributed by atoms with Gasteiger partial charge in [0.1, 0.15) is 0 Å². The third kappa shape index (κ3) is 3.29. The van der Waals surface area contributed by atoms with Crippen LogP contribution in [0.25, 0.3) is 0 Å². The van der Waals surface area contributed by atoms with E-state index in [1.165, 1.54) is 5.56 Å². The van der Waals surface area contributed by atoms with E-state index in [9.17, 15) is 9.59 Å². The number of ether oxygens (including phenoxy) is 1. The number of hydrogen-bond donors (Lipinski definition) is 0. The molecule has 1 aromatic heterocycles. The van der Waals surface area contributed by atoms with Gasteiger partial charge < -0.3 is 14.5 Å². The second-order valence-electron chi connectivity index (χ2n) is 8.16. The number of carbonyl (C=O) groups is 2. The highest BCUT2D eigenvalue weighted by Crippen LogP contribution is 2.57. The van der Waals surface area contributed by atoms with Gasteiger partial charge in [-0.05, 0) is 60.4 Å². The molecule has 0 N–H and O–H groups in total. The number of carbonyl (C=O) groups excluding carboxylic acids is 2. The molecule has 0 bridgehead atoms. The smallest absolute Gasteiger partial charge is 0.228 e. The Morgan fingerprint density at radius 1 is 1.38 bits per heavy atom. The molecular weight excluding hydrogens is 348 g/mol. The van der Waals surface area contributed by atoms with Crippen LogP contribution in [0, 0.1) is 11.3 Å². The highest BCUT2D eigenvalue weighted by atomic mass is 32.1. The summed E-state index contributed by atoms with van der Waals surface area (Å²) in [4.78, 5) is 29.1. The molecule has 0 radical (unpaired) electrons. The summed E-state index contributed by atoms with van der Waals surface area (Å²) in [6, 6.07) is 2.44. The second kappa shape index (κ2) is 6.97. The lowest BCUT2D eigenvalue weighted by molar-refractivity contribution is -0.139. The lowest BCUT2D eigenvalue weighted by Gasteiger charge is -2.36. The summed E-state index contributed by atoms with van der Waals surface area (Å²) in [5.74, 6) is 0.462. The van der Waals surface area contributed by atoms with Crippen LogP contribution in [0.5, 0.6) is 0 Å². The highest BCUT2D eigenvalue weighted by molar-refractivity contribution is 7.07. The molecule has 1 saturated carbocycles. The fourth-order valence-electron chi connectivity index (χ4n) is 4.79. The van der Waals surface area contributed by atoms with Gasteiger partial charge in [-0.25, -0.2) is 0 Å². The summed E-state index contributed by atoms with van der Waals surface area (Å²) >= 11 is 1.68. The molecule has 2 aliphatic heterocycles. The maximum Gasteiger partial charge on any atom is 0.228 e. The fourth-order valence-corrected chi connectivity index (χ4v) is 5.45. The van der Waals surface area contributed by atoms with Gasteiger partial charge in [-0.1, -0.05) is 0 Å². The topological polar surface area (TPSA) is 49.9 Å². The summed E-state index contributed by atoms with van der Waals surface area (Å²) in [6.07, 6.45) is 4.01. The maximum absolute atomic E-state index is 12.8. The number of amides is 2. The summed E-state index contributed by atoms with van der Waals surface area (Å²) < 4.78 is 5.56. The van der Waals surface area contributed by atoms with Crippen LogP contribution >= 0.6 is 11.3 Å². The molecule has 6 heteroatoms. The van der Waals surface area contributed by atoms with Crippen molar-refractivity contribution in [3.05, 3.63) is 22.4 Å². The first-order valence-corrected chi connectivity index (χ1v) is 10.6. The van der Waals surface area contributed by atoms with Gasteiger partial charge in [-0.15, -0.1) is 0 Å². The molecule has 1 aromatic rings. The van der Waals surface area contributed by atoms with Gasteiger partial charge in [0.05, 0.1) is 12.0 Å². The molecule has 3 atom stereocenters. The molecule has 5 nitrogen and oxygen atoms in total. The minimum absolute atomic E-state index is 0.0337. The van der Waals surface area contributed by atoms with Crippen molar-refractivity contribution in [2.75, 3.05) is 19.7 Å². The monoisotopic (exact) mass is 376 g/mol. The Labute approximate surface area is 159 Å². The first kappa shape index (κ1) is 18.0. The van der Waals surface area contributed by atoms with Crippen molar-refractivity contribution < 1.29 is 14.3 Å². The Morgan fingerprint density at radius 3 is 2.73 bits per heavy atom. The maximum atomic E-state index is 12.8. The number of hydrogen-bond acceptors (Lipinski definition) is 4. The molecule has 2 amide bonds. The van der Waals surface area contributed by atoms with Crippen molar-refractivity contribution in [2.45, 2.75) is 58.2 Å². The van der Waals surface area contributed by atoms with Crippen LogP contribution in [-0.2, 0) is 20.9 Å². The number of piperidine rings is 1. The van der Waals surface area contributed by atoms with Gasteiger partial charge in [-0.2, -0.15) is 11.3 Å². The van der Waals surface area contributed by atoms with E-state index in [0.717, 1.165) is 38.8 Å². The van der Waals surface area contributed by atoms with Crippen molar-refractivity contribution in [1.29, 1.82) is 0 Å². The standard InChI is InChI=1S/C20H28N2O3S/c1-14-17(3-9-25-14)19(24)21-7-5-20(6-8-21)11-18(20)22(15(2)23)12-16-4-10-26-13-16/h4,10,13-14,17-18H,3,5-9,11-12H2,1-2H3/t14-,17+,18-/m1/s1. The molecular formula is C20H28N2O3S. The molecule has 26 heavy (non-hydrogen) atoms. The van der Waals surface area contributed by atoms with Crippen LogP contribution in [0.15, 0.2) is 16.8 Å². The van der Waals surface area contributed by atoms with Crippen LogP contribution in [0.4, 0.5) is 0 Å². The van der Waals surface area contributed by atoms with Crippen molar-refractivity contribution in [3.63, 3.8) is 0 Å². The average molecular weight is 377 g/mol.